The maximum Gasteiger partial charge on any atom is 0.338 e. The number of benzene rings is 2. The highest BCUT2D eigenvalue weighted by Gasteiger charge is 2.30. The van der Waals surface area contributed by atoms with Crippen molar-refractivity contribution in [3.63, 3.8) is 0 Å². The molecule has 2 aromatic carbocycles. The van der Waals surface area contributed by atoms with E-state index < -0.39 is 37.6 Å². The monoisotopic (exact) mass is 394 g/mol. The molecular weight excluding hydrogens is 380 g/mol. The van der Waals surface area contributed by atoms with Gasteiger partial charge in [0.2, 0.25) is 0 Å². The lowest BCUT2D eigenvalue weighted by atomic mass is 10.2. The van der Waals surface area contributed by atoms with E-state index in [0.29, 0.717) is 30.0 Å². The Hall–Kier alpha value is -4.29. The van der Waals surface area contributed by atoms with Gasteiger partial charge in [-0.1, -0.05) is 0 Å². The van der Waals surface area contributed by atoms with E-state index in [0.717, 1.165) is 0 Å². The predicted octanol–water partition coefficient (Wildman–Crippen LogP) is 2.56. The number of anilines is 1. The third-order valence-corrected chi connectivity index (χ3v) is 3.08. The van der Waals surface area contributed by atoms with Gasteiger partial charge < -0.3 is 15.6 Å². The van der Waals surface area contributed by atoms with E-state index >= 15 is 0 Å². The second-order valence-electron chi connectivity index (χ2n) is 4.95. The van der Waals surface area contributed by atoms with Gasteiger partial charge in [-0.15, -0.1) is 0 Å². The van der Waals surface area contributed by atoms with Crippen LogP contribution < -0.4 is 5.73 Å². The molecule has 148 valence electrons. The van der Waals surface area contributed by atoms with Gasteiger partial charge in [-0.2, -0.15) is 0 Å². The van der Waals surface area contributed by atoms with Crippen LogP contribution in [-0.4, -0.2) is 32.5 Å². The van der Waals surface area contributed by atoms with E-state index in [1.54, 1.807) is 31.2 Å². The Balaban J connectivity index is 0.000000292. The first-order chi connectivity index (χ1) is 13.1. The van der Waals surface area contributed by atoms with Gasteiger partial charge >= 0.3 is 17.3 Å². The Labute approximate surface area is 156 Å². The van der Waals surface area contributed by atoms with Crippen LogP contribution >= 0.6 is 0 Å². The summed E-state index contributed by atoms with van der Waals surface area (Å²) in [6.07, 6.45) is 0. The molecule has 0 aliphatic heterocycles. The minimum absolute atomic E-state index is 0.308. The zero-order valence-corrected chi connectivity index (χ0v) is 14.3. The first-order valence-corrected chi connectivity index (χ1v) is 7.41. The van der Waals surface area contributed by atoms with Crippen LogP contribution in [0.25, 0.3) is 0 Å². The molecule has 0 spiro atoms. The molecule has 0 heterocycles. The quantitative estimate of drug-likeness (QED) is 0.328. The Morgan fingerprint density at radius 3 is 1.82 bits per heavy atom. The van der Waals surface area contributed by atoms with Gasteiger partial charge in [0.05, 0.1) is 39.1 Å². The number of carbonyl (C=O) groups is 1. The van der Waals surface area contributed by atoms with Gasteiger partial charge in [-0.25, -0.2) is 4.79 Å². The van der Waals surface area contributed by atoms with E-state index in [4.69, 9.17) is 15.6 Å². The topological polar surface area (TPSA) is 202 Å². The number of aromatic hydroxyl groups is 1. The summed E-state index contributed by atoms with van der Waals surface area (Å²) in [5.41, 5.74) is 3.62. The summed E-state index contributed by atoms with van der Waals surface area (Å²) >= 11 is 0. The highest BCUT2D eigenvalue weighted by Crippen LogP contribution is 2.38. The lowest BCUT2D eigenvalue weighted by molar-refractivity contribution is -0.404. The summed E-state index contributed by atoms with van der Waals surface area (Å²) in [6, 6.07) is 7.53. The molecule has 0 saturated carbocycles. The number of hydrogen-bond donors (Lipinski definition) is 2. The Morgan fingerprint density at radius 1 is 1.00 bits per heavy atom. The third-order valence-electron chi connectivity index (χ3n) is 3.08. The molecule has 13 nitrogen and oxygen atoms in total. The van der Waals surface area contributed by atoms with Crippen LogP contribution in [-0.2, 0) is 4.74 Å². The first kappa shape index (κ1) is 21.8. The van der Waals surface area contributed by atoms with Crippen LogP contribution in [0.1, 0.15) is 17.3 Å². The summed E-state index contributed by atoms with van der Waals surface area (Å²) in [5, 5.41) is 40.2. The van der Waals surface area contributed by atoms with Crippen LogP contribution in [0.5, 0.6) is 5.75 Å². The van der Waals surface area contributed by atoms with Crippen LogP contribution in [0, 0.1) is 30.3 Å². The SMILES string of the molecule is CCOC(=O)c1ccc(N)cc1.O=[N+]([O-])c1cc([N+](=O)[O-])c(O)c([N+](=O)[O-])c1. The zero-order valence-electron chi connectivity index (χ0n) is 14.3. The normalized spacial score (nSPS) is 9.61. The maximum absolute atomic E-state index is 11.1. The molecule has 0 unspecified atom stereocenters. The van der Waals surface area contributed by atoms with Gasteiger partial charge in [0.15, 0.2) is 0 Å². The maximum atomic E-state index is 11.1. The number of nitrogens with zero attached hydrogens (tertiary/aromatic N) is 3. The summed E-state index contributed by atoms with van der Waals surface area (Å²) < 4.78 is 4.79. The fourth-order valence-corrected chi connectivity index (χ4v) is 1.81. The molecule has 0 amide bonds. The highest BCUT2D eigenvalue weighted by molar-refractivity contribution is 5.89. The number of esters is 1. The van der Waals surface area contributed by atoms with E-state index in [-0.39, 0.29) is 5.97 Å². The van der Waals surface area contributed by atoms with Crippen LogP contribution in [0.4, 0.5) is 22.7 Å². The van der Waals surface area contributed by atoms with Gasteiger partial charge in [-0.05, 0) is 31.2 Å². The Morgan fingerprint density at radius 2 is 1.46 bits per heavy atom. The molecule has 3 N–H and O–H groups in total. The molecule has 0 atom stereocenters. The van der Waals surface area contributed by atoms with Crippen molar-refractivity contribution in [2.24, 2.45) is 0 Å². The van der Waals surface area contributed by atoms with Crippen molar-refractivity contribution >= 4 is 28.7 Å². The number of nitro benzene ring substituents is 3. The number of phenols is 1. The van der Waals surface area contributed by atoms with E-state index in [1.807, 2.05) is 0 Å². The number of non-ortho nitro benzene ring substituents is 1. The minimum Gasteiger partial charge on any atom is -0.497 e. The summed E-state index contributed by atoms with van der Waals surface area (Å²) in [6.45, 7) is 2.17. The zero-order chi connectivity index (χ0) is 21.4. The number of nitrogen functional groups attached to an aromatic ring is 1. The molecular formula is C15H14N4O9. The number of hydrogen-bond acceptors (Lipinski definition) is 10. The average Bonchev–Trinajstić information content (AvgIpc) is 2.62. The molecule has 0 bridgehead atoms. The Kier molecular flexibility index (Phi) is 7.32. The van der Waals surface area contributed by atoms with Crippen molar-refractivity contribution < 1.29 is 29.4 Å². The molecule has 0 aromatic heterocycles. The van der Waals surface area contributed by atoms with Gasteiger partial charge in [0, 0.05) is 5.69 Å². The van der Waals surface area contributed by atoms with Crippen molar-refractivity contribution in [1.82, 2.24) is 0 Å². The fraction of sp³-hybridized carbons (Fsp3) is 0.133. The number of phenolic OH excluding ortho intramolecular Hbond substituents is 1. The second-order valence-corrected chi connectivity index (χ2v) is 4.95. The molecule has 0 radical (unpaired) electrons. The third kappa shape index (κ3) is 5.62. The number of ether oxygens (including phenoxy) is 1. The molecule has 2 aromatic rings. The highest BCUT2D eigenvalue weighted by atomic mass is 16.6. The molecule has 2 rings (SSSR count). The van der Waals surface area contributed by atoms with Crippen LogP contribution in [0.3, 0.4) is 0 Å². The molecule has 0 fully saturated rings. The summed E-state index contributed by atoms with van der Waals surface area (Å²) in [4.78, 5) is 38.9. The van der Waals surface area contributed by atoms with Crippen LogP contribution in [0.2, 0.25) is 0 Å². The number of nitro groups is 3. The van der Waals surface area contributed by atoms with E-state index in [2.05, 4.69) is 0 Å². The number of rotatable bonds is 5. The summed E-state index contributed by atoms with van der Waals surface area (Å²) in [7, 11) is 0. The predicted molar refractivity (Wildman–Crippen MR) is 94.9 cm³/mol. The van der Waals surface area contributed by atoms with Crippen molar-refractivity contribution in [1.29, 1.82) is 0 Å². The second kappa shape index (κ2) is 9.42. The van der Waals surface area contributed by atoms with E-state index in [1.165, 1.54) is 0 Å². The summed E-state index contributed by atoms with van der Waals surface area (Å²) in [5.74, 6) is -1.52. The molecule has 0 aliphatic carbocycles. The van der Waals surface area contributed by atoms with Gasteiger partial charge in [0.25, 0.3) is 11.4 Å². The smallest absolute Gasteiger partial charge is 0.338 e. The number of carbonyl (C=O) groups excluding carboxylic acids is 1. The van der Waals surface area contributed by atoms with Crippen molar-refractivity contribution in [2.45, 2.75) is 6.92 Å². The van der Waals surface area contributed by atoms with E-state index in [9.17, 15) is 35.1 Å². The first-order valence-electron chi connectivity index (χ1n) is 7.41. The largest absolute Gasteiger partial charge is 0.497 e. The lowest BCUT2D eigenvalue weighted by Gasteiger charge is -2.00. The number of nitrogens with two attached hydrogens (primary N) is 1. The Bertz CT molecular complexity index is 877. The fourth-order valence-electron chi connectivity index (χ4n) is 1.81. The van der Waals surface area contributed by atoms with Crippen molar-refractivity contribution in [3.05, 3.63) is 72.3 Å². The molecule has 13 heteroatoms. The van der Waals surface area contributed by atoms with Gasteiger partial charge in [-0.3, -0.25) is 30.3 Å². The molecule has 0 saturated heterocycles. The minimum atomic E-state index is -1.21. The molecule has 28 heavy (non-hydrogen) atoms. The van der Waals surface area contributed by atoms with Gasteiger partial charge in [0.1, 0.15) is 0 Å². The molecule has 0 aliphatic rings. The van der Waals surface area contributed by atoms with Crippen LogP contribution in [0.15, 0.2) is 36.4 Å². The van der Waals surface area contributed by atoms with Crippen molar-refractivity contribution in [3.8, 4) is 5.75 Å². The average molecular weight is 394 g/mol. The van der Waals surface area contributed by atoms with Crippen molar-refractivity contribution in [2.75, 3.05) is 12.3 Å². The lowest BCUT2D eigenvalue weighted by Crippen LogP contribution is -2.04. The standard InChI is InChI=1S/C9H11NO2.C6H3N3O7/c1-2-12-9(11)7-3-5-8(10)6-4-7;10-6-4(8(13)14)1-3(7(11)12)2-5(6)9(15)16/h3-6H,2,10H2,1H3;1-2,10H.